The number of likely N-dealkylation sites (tertiary alicyclic amines) is 1. The first-order valence-electron chi connectivity index (χ1n) is 8.65. The molecule has 3 heterocycles. The number of hydrogen-bond donors (Lipinski definition) is 1. The second kappa shape index (κ2) is 6.51. The van der Waals surface area contributed by atoms with Crippen LogP contribution in [-0.2, 0) is 9.59 Å². The number of carbonyl (C=O) groups excluding carboxylic acids is 2. The molecule has 1 aromatic heterocycles. The molecule has 2 saturated heterocycles. The van der Waals surface area contributed by atoms with Gasteiger partial charge in [0, 0.05) is 19.5 Å². The molecule has 2 aliphatic rings. The zero-order valence-electron chi connectivity index (χ0n) is 13.5. The SMILES string of the molecule is O=C1CC[C@@H](C(=O)N2CCCC[C@H]2c2nc3ccccc3s2)CN1. The molecule has 2 atom stereocenters. The summed E-state index contributed by atoms with van der Waals surface area (Å²) in [5.74, 6) is 0.150. The largest absolute Gasteiger partial charge is 0.355 e. The monoisotopic (exact) mass is 343 g/mol. The van der Waals surface area contributed by atoms with Crippen LogP contribution in [0.2, 0.25) is 0 Å². The van der Waals surface area contributed by atoms with Crippen molar-refractivity contribution in [1.82, 2.24) is 15.2 Å². The van der Waals surface area contributed by atoms with Gasteiger partial charge in [-0.15, -0.1) is 11.3 Å². The summed E-state index contributed by atoms with van der Waals surface area (Å²) in [7, 11) is 0. The third-order valence-electron chi connectivity index (χ3n) is 5.00. The maximum atomic E-state index is 13.0. The van der Waals surface area contributed by atoms with Crippen LogP contribution in [0.1, 0.15) is 43.2 Å². The van der Waals surface area contributed by atoms with Crippen LogP contribution in [0.15, 0.2) is 24.3 Å². The lowest BCUT2D eigenvalue weighted by Crippen LogP contribution is -2.47. The molecule has 0 aliphatic carbocycles. The second-order valence-corrected chi connectivity index (χ2v) is 7.66. The standard InChI is InChI=1S/C18H21N3O2S/c22-16-9-8-12(11-19-16)18(23)21-10-4-3-6-14(21)17-20-13-5-1-2-7-15(13)24-17/h1-2,5,7,12,14H,3-4,6,8-11H2,(H,19,22)/t12-,14+/m1/s1. The Hall–Kier alpha value is -1.95. The number of carbonyl (C=O) groups is 2. The van der Waals surface area contributed by atoms with Gasteiger partial charge >= 0.3 is 0 Å². The van der Waals surface area contributed by atoms with Gasteiger partial charge in [-0.2, -0.15) is 0 Å². The normalized spacial score (nSPS) is 24.8. The third kappa shape index (κ3) is 2.90. The Balaban J connectivity index is 1.58. The van der Waals surface area contributed by atoms with E-state index < -0.39 is 0 Å². The summed E-state index contributed by atoms with van der Waals surface area (Å²) in [4.78, 5) is 31.2. The number of hydrogen-bond acceptors (Lipinski definition) is 4. The first-order valence-corrected chi connectivity index (χ1v) is 9.46. The van der Waals surface area contributed by atoms with Gasteiger partial charge in [0.2, 0.25) is 11.8 Å². The Kier molecular flexibility index (Phi) is 4.22. The molecule has 0 unspecified atom stereocenters. The molecule has 0 spiro atoms. The molecule has 2 fully saturated rings. The summed E-state index contributed by atoms with van der Waals surface area (Å²) in [6, 6.07) is 8.23. The number of para-hydroxylation sites is 1. The first kappa shape index (κ1) is 15.6. The van der Waals surface area contributed by atoms with Gasteiger partial charge in [-0.1, -0.05) is 12.1 Å². The van der Waals surface area contributed by atoms with Crippen molar-refractivity contribution in [2.75, 3.05) is 13.1 Å². The lowest BCUT2D eigenvalue weighted by atomic mass is 9.94. The van der Waals surface area contributed by atoms with E-state index in [0.717, 1.165) is 36.3 Å². The van der Waals surface area contributed by atoms with E-state index in [2.05, 4.69) is 11.4 Å². The first-order chi connectivity index (χ1) is 11.7. The van der Waals surface area contributed by atoms with Crippen molar-refractivity contribution in [3.8, 4) is 0 Å². The van der Waals surface area contributed by atoms with E-state index >= 15 is 0 Å². The molecule has 4 rings (SSSR count). The van der Waals surface area contributed by atoms with Gasteiger partial charge in [0.05, 0.1) is 22.2 Å². The van der Waals surface area contributed by atoms with Crippen LogP contribution in [0, 0.1) is 5.92 Å². The zero-order valence-corrected chi connectivity index (χ0v) is 14.3. The van der Waals surface area contributed by atoms with Crippen molar-refractivity contribution >= 4 is 33.4 Å². The molecular weight excluding hydrogens is 322 g/mol. The molecule has 2 amide bonds. The topological polar surface area (TPSA) is 62.3 Å². The zero-order chi connectivity index (χ0) is 16.5. The predicted molar refractivity (Wildman–Crippen MR) is 93.7 cm³/mol. The number of nitrogens with zero attached hydrogens (tertiary/aromatic N) is 2. The lowest BCUT2D eigenvalue weighted by Gasteiger charge is -2.37. The van der Waals surface area contributed by atoms with E-state index in [4.69, 9.17) is 4.98 Å². The minimum absolute atomic E-state index is 0.0559. The molecule has 6 heteroatoms. The quantitative estimate of drug-likeness (QED) is 0.912. The molecular formula is C18H21N3O2S. The average molecular weight is 343 g/mol. The molecule has 126 valence electrons. The Morgan fingerprint density at radius 1 is 1.25 bits per heavy atom. The molecule has 2 aliphatic heterocycles. The van der Waals surface area contributed by atoms with Crippen molar-refractivity contribution in [1.29, 1.82) is 0 Å². The fraction of sp³-hybridized carbons (Fsp3) is 0.500. The van der Waals surface area contributed by atoms with Crippen LogP contribution in [0.25, 0.3) is 10.2 Å². The second-order valence-electron chi connectivity index (χ2n) is 6.60. The number of fused-ring (bicyclic) bond motifs is 1. The number of piperidine rings is 2. The van der Waals surface area contributed by atoms with Crippen molar-refractivity contribution in [3.05, 3.63) is 29.3 Å². The van der Waals surface area contributed by atoms with Crippen LogP contribution in [-0.4, -0.2) is 34.8 Å². The van der Waals surface area contributed by atoms with E-state index in [-0.39, 0.29) is 23.8 Å². The number of aromatic nitrogens is 1. The van der Waals surface area contributed by atoms with Crippen molar-refractivity contribution in [2.45, 2.75) is 38.1 Å². The van der Waals surface area contributed by atoms with Crippen molar-refractivity contribution in [3.63, 3.8) is 0 Å². The maximum Gasteiger partial charge on any atom is 0.228 e. The minimum atomic E-state index is -0.0855. The van der Waals surface area contributed by atoms with E-state index in [9.17, 15) is 9.59 Å². The molecule has 0 bridgehead atoms. The minimum Gasteiger partial charge on any atom is -0.355 e. The van der Waals surface area contributed by atoms with Crippen LogP contribution >= 0.6 is 11.3 Å². The van der Waals surface area contributed by atoms with E-state index in [0.29, 0.717) is 19.4 Å². The highest BCUT2D eigenvalue weighted by molar-refractivity contribution is 7.18. The number of thiazole rings is 1. The van der Waals surface area contributed by atoms with Crippen molar-refractivity contribution < 1.29 is 9.59 Å². The van der Waals surface area contributed by atoms with Crippen LogP contribution < -0.4 is 5.32 Å². The molecule has 1 aromatic carbocycles. The highest BCUT2D eigenvalue weighted by Crippen LogP contribution is 2.36. The molecule has 5 nitrogen and oxygen atoms in total. The Bertz CT molecular complexity index is 729. The summed E-state index contributed by atoms with van der Waals surface area (Å²) in [5, 5.41) is 3.87. The van der Waals surface area contributed by atoms with Gasteiger partial charge in [-0.3, -0.25) is 9.59 Å². The van der Waals surface area contributed by atoms with Gasteiger partial charge in [-0.25, -0.2) is 4.98 Å². The van der Waals surface area contributed by atoms with Gasteiger partial charge in [0.25, 0.3) is 0 Å². The van der Waals surface area contributed by atoms with Gasteiger partial charge in [0.15, 0.2) is 0 Å². The van der Waals surface area contributed by atoms with Crippen molar-refractivity contribution in [2.24, 2.45) is 5.92 Å². The molecule has 24 heavy (non-hydrogen) atoms. The Morgan fingerprint density at radius 3 is 2.92 bits per heavy atom. The van der Waals surface area contributed by atoms with E-state index in [1.165, 1.54) is 4.70 Å². The molecule has 2 aromatic rings. The van der Waals surface area contributed by atoms with Crippen LogP contribution in [0.5, 0.6) is 0 Å². The van der Waals surface area contributed by atoms with E-state index in [1.54, 1.807) is 11.3 Å². The number of benzene rings is 1. The maximum absolute atomic E-state index is 13.0. The third-order valence-corrected chi connectivity index (χ3v) is 6.13. The summed E-state index contributed by atoms with van der Waals surface area (Å²) >= 11 is 1.70. The Labute approximate surface area is 145 Å². The highest BCUT2D eigenvalue weighted by Gasteiger charge is 2.35. The molecule has 0 radical (unpaired) electrons. The Morgan fingerprint density at radius 2 is 2.12 bits per heavy atom. The summed E-state index contributed by atoms with van der Waals surface area (Å²) < 4.78 is 1.18. The summed E-state index contributed by atoms with van der Waals surface area (Å²) in [5.41, 5.74) is 1.01. The summed E-state index contributed by atoms with van der Waals surface area (Å²) in [6.07, 6.45) is 4.27. The summed E-state index contributed by atoms with van der Waals surface area (Å²) in [6.45, 7) is 1.27. The molecule has 1 N–H and O–H groups in total. The number of amides is 2. The predicted octanol–water partition coefficient (Wildman–Crippen LogP) is 2.88. The number of nitrogens with one attached hydrogen (secondary N) is 1. The smallest absolute Gasteiger partial charge is 0.228 e. The lowest BCUT2D eigenvalue weighted by molar-refractivity contribution is -0.141. The van der Waals surface area contributed by atoms with Crippen LogP contribution in [0.4, 0.5) is 0 Å². The highest BCUT2D eigenvalue weighted by atomic mass is 32.1. The van der Waals surface area contributed by atoms with Gasteiger partial charge in [-0.05, 0) is 37.8 Å². The fourth-order valence-corrected chi connectivity index (χ4v) is 4.78. The van der Waals surface area contributed by atoms with Gasteiger partial charge < -0.3 is 10.2 Å². The number of rotatable bonds is 2. The fourth-order valence-electron chi connectivity index (χ4n) is 3.66. The molecule has 0 saturated carbocycles. The average Bonchev–Trinajstić information content (AvgIpc) is 3.06. The van der Waals surface area contributed by atoms with E-state index in [1.807, 2.05) is 23.1 Å². The van der Waals surface area contributed by atoms with Gasteiger partial charge in [0.1, 0.15) is 5.01 Å². The van der Waals surface area contributed by atoms with Crippen LogP contribution in [0.3, 0.4) is 0 Å².